The van der Waals surface area contributed by atoms with Gasteiger partial charge in [0, 0.05) is 13.1 Å². The number of aliphatic hydroxyl groups is 1. The lowest BCUT2D eigenvalue weighted by atomic mass is 10.2. The third kappa shape index (κ3) is 4.69. The molecule has 1 rings (SSSR count). The fourth-order valence-electron chi connectivity index (χ4n) is 1.49. The monoisotopic (exact) mass is 288 g/mol. The van der Waals surface area contributed by atoms with E-state index in [2.05, 4.69) is 12.2 Å². The normalized spacial score (nSPS) is 11.7. The van der Waals surface area contributed by atoms with Crippen molar-refractivity contribution in [2.75, 3.05) is 18.9 Å². The minimum Gasteiger partial charge on any atom is -0.395 e. The van der Waals surface area contributed by atoms with Gasteiger partial charge in [0.05, 0.1) is 11.6 Å². The predicted octanol–water partition coefficient (Wildman–Crippen LogP) is 0.0968. The van der Waals surface area contributed by atoms with Crippen LogP contribution in [0.3, 0.4) is 0 Å². The summed E-state index contributed by atoms with van der Waals surface area (Å²) >= 11 is 4.62. The molecule has 0 spiro atoms. The average molecular weight is 288 g/mol. The second-order valence-corrected chi connectivity index (χ2v) is 6.26. The van der Waals surface area contributed by atoms with Crippen LogP contribution in [0.1, 0.15) is 5.56 Å². The molecule has 0 aliphatic rings. The van der Waals surface area contributed by atoms with Gasteiger partial charge < -0.3 is 10.8 Å². The first-order valence-electron chi connectivity index (χ1n) is 5.36. The van der Waals surface area contributed by atoms with Crippen LogP contribution in [-0.2, 0) is 16.6 Å². The average Bonchev–Trinajstić information content (AvgIpc) is 2.28. The van der Waals surface area contributed by atoms with Crippen molar-refractivity contribution in [3.05, 3.63) is 35.9 Å². The Morgan fingerprint density at radius 3 is 2.44 bits per heavy atom. The zero-order valence-electron chi connectivity index (χ0n) is 9.82. The van der Waals surface area contributed by atoms with Gasteiger partial charge in [-0.2, -0.15) is 4.31 Å². The molecular formula is C11H16N2O3S2. The Morgan fingerprint density at radius 2 is 1.94 bits per heavy atom. The molecule has 0 saturated carbocycles. The van der Waals surface area contributed by atoms with Gasteiger partial charge >= 0.3 is 0 Å². The molecule has 0 unspecified atom stereocenters. The van der Waals surface area contributed by atoms with E-state index in [0.29, 0.717) is 0 Å². The molecule has 100 valence electrons. The maximum absolute atomic E-state index is 12.0. The van der Waals surface area contributed by atoms with Crippen LogP contribution in [0.5, 0.6) is 0 Å². The Labute approximate surface area is 112 Å². The number of sulfonamides is 1. The maximum atomic E-state index is 12.0. The van der Waals surface area contributed by atoms with Gasteiger partial charge in [0.15, 0.2) is 0 Å². The molecule has 0 saturated heterocycles. The highest BCUT2D eigenvalue weighted by Gasteiger charge is 2.22. The Balaban J connectivity index is 2.86. The number of thiocarbonyl (C=S) groups is 1. The van der Waals surface area contributed by atoms with E-state index in [0.717, 1.165) is 5.56 Å². The first-order chi connectivity index (χ1) is 8.45. The smallest absolute Gasteiger partial charge is 0.221 e. The summed E-state index contributed by atoms with van der Waals surface area (Å²) in [6.45, 7) is -0.0183. The number of rotatable bonds is 7. The van der Waals surface area contributed by atoms with Gasteiger partial charge in [-0.15, -0.1) is 0 Å². The lowest BCUT2D eigenvalue weighted by Gasteiger charge is -2.21. The van der Waals surface area contributed by atoms with Crippen LogP contribution in [0.2, 0.25) is 0 Å². The van der Waals surface area contributed by atoms with Crippen molar-refractivity contribution in [1.29, 1.82) is 0 Å². The summed E-state index contributed by atoms with van der Waals surface area (Å²) in [5.41, 5.74) is 6.11. The third-order valence-corrected chi connectivity index (χ3v) is 4.37. The van der Waals surface area contributed by atoms with Crippen LogP contribution in [-0.4, -0.2) is 41.7 Å². The quantitative estimate of drug-likeness (QED) is 0.695. The number of nitrogens with two attached hydrogens (primary N) is 1. The Hall–Kier alpha value is -1.02. The van der Waals surface area contributed by atoms with E-state index in [4.69, 9.17) is 10.8 Å². The van der Waals surface area contributed by atoms with E-state index in [9.17, 15) is 8.42 Å². The number of hydrogen-bond donors (Lipinski definition) is 2. The summed E-state index contributed by atoms with van der Waals surface area (Å²) in [4.78, 5) is -0.0778. The maximum Gasteiger partial charge on any atom is 0.221 e. The highest BCUT2D eigenvalue weighted by Crippen LogP contribution is 2.09. The molecule has 0 aliphatic heterocycles. The van der Waals surface area contributed by atoms with Gasteiger partial charge in [-0.25, -0.2) is 8.42 Å². The molecule has 1 aromatic rings. The number of nitrogens with zero attached hydrogens (tertiary/aromatic N) is 1. The Bertz CT molecular complexity index is 488. The van der Waals surface area contributed by atoms with Gasteiger partial charge in [-0.05, 0) is 5.56 Å². The lowest BCUT2D eigenvalue weighted by molar-refractivity contribution is 0.251. The second kappa shape index (κ2) is 6.79. The highest BCUT2D eigenvalue weighted by molar-refractivity contribution is 7.92. The number of aliphatic hydroxyl groups excluding tert-OH is 1. The molecule has 18 heavy (non-hydrogen) atoms. The molecule has 0 atom stereocenters. The Kier molecular flexibility index (Phi) is 5.67. The first kappa shape index (κ1) is 15.0. The predicted molar refractivity (Wildman–Crippen MR) is 74.5 cm³/mol. The summed E-state index contributed by atoms with van der Waals surface area (Å²) in [5.74, 6) is -0.380. The molecule has 0 aromatic heterocycles. The van der Waals surface area contributed by atoms with Crippen LogP contribution < -0.4 is 5.73 Å². The molecular weight excluding hydrogens is 272 g/mol. The minimum absolute atomic E-state index is 0.0276. The van der Waals surface area contributed by atoms with Gasteiger partial charge in [0.25, 0.3) is 0 Å². The van der Waals surface area contributed by atoms with Crippen LogP contribution in [0.15, 0.2) is 30.3 Å². The van der Waals surface area contributed by atoms with Gasteiger partial charge in [0.1, 0.15) is 5.75 Å². The van der Waals surface area contributed by atoms with Crippen molar-refractivity contribution in [2.24, 2.45) is 5.73 Å². The molecule has 1 aromatic carbocycles. The van der Waals surface area contributed by atoms with Crippen LogP contribution in [0, 0.1) is 0 Å². The van der Waals surface area contributed by atoms with Gasteiger partial charge in [-0.3, -0.25) is 0 Å². The molecule has 7 heteroatoms. The summed E-state index contributed by atoms with van der Waals surface area (Å²) in [6.07, 6.45) is 0. The molecule has 0 heterocycles. The fourth-order valence-corrected chi connectivity index (χ4v) is 3.18. The van der Waals surface area contributed by atoms with Crippen LogP contribution in [0.25, 0.3) is 0 Å². The Morgan fingerprint density at radius 1 is 1.33 bits per heavy atom. The first-order valence-corrected chi connectivity index (χ1v) is 7.38. The fraction of sp³-hybridized carbons (Fsp3) is 0.364. The summed E-state index contributed by atoms with van der Waals surface area (Å²) in [6, 6.07) is 9.14. The summed E-state index contributed by atoms with van der Waals surface area (Å²) < 4.78 is 25.1. The van der Waals surface area contributed by atoms with Crippen molar-refractivity contribution in [3.63, 3.8) is 0 Å². The minimum atomic E-state index is -3.57. The largest absolute Gasteiger partial charge is 0.395 e. The topological polar surface area (TPSA) is 83.6 Å². The zero-order valence-corrected chi connectivity index (χ0v) is 11.5. The van der Waals surface area contributed by atoms with Gasteiger partial charge in [-0.1, -0.05) is 42.5 Å². The van der Waals surface area contributed by atoms with Crippen molar-refractivity contribution in [1.82, 2.24) is 4.31 Å². The molecule has 5 nitrogen and oxygen atoms in total. The van der Waals surface area contributed by atoms with Crippen LogP contribution in [0.4, 0.5) is 0 Å². The molecule has 0 radical (unpaired) electrons. The van der Waals surface area contributed by atoms with Crippen molar-refractivity contribution in [3.8, 4) is 0 Å². The molecule has 0 aliphatic carbocycles. The summed E-state index contributed by atoms with van der Waals surface area (Å²) in [5, 5.41) is 8.94. The molecule has 0 bridgehead atoms. The second-order valence-electron chi connectivity index (χ2n) is 3.77. The van der Waals surface area contributed by atoms with E-state index in [1.165, 1.54) is 4.31 Å². The van der Waals surface area contributed by atoms with Crippen LogP contribution >= 0.6 is 12.2 Å². The van der Waals surface area contributed by atoms with Crippen molar-refractivity contribution in [2.45, 2.75) is 6.54 Å². The van der Waals surface area contributed by atoms with E-state index < -0.39 is 10.0 Å². The van der Waals surface area contributed by atoms with Gasteiger partial charge in [0.2, 0.25) is 10.0 Å². The lowest BCUT2D eigenvalue weighted by Crippen LogP contribution is -2.38. The van der Waals surface area contributed by atoms with E-state index in [-0.39, 0.29) is 30.4 Å². The molecule has 0 fully saturated rings. The van der Waals surface area contributed by atoms with Crippen molar-refractivity contribution < 1.29 is 13.5 Å². The van der Waals surface area contributed by atoms with E-state index >= 15 is 0 Å². The molecule has 3 N–H and O–H groups in total. The number of hydrogen-bond acceptors (Lipinski definition) is 4. The summed E-state index contributed by atoms with van der Waals surface area (Å²) in [7, 11) is -3.57. The molecule has 0 amide bonds. The van der Waals surface area contributed by atoms with E-state index in [1.807, 2.05) is 30.3 Å². The standard InChI is InChI=1S/C11H16N2O3S2/c12-11(17)9-18(15,16)13(6-7-14)8-10-4-2-1-3-5-10/h1-5,14H,6-9H2,(H2,12,17). The van der Waals surface area contributed by atoms with Crippen molar-refractivity contribution >= 4 is 27.2 Å². The third-order valence-electron chi connectivity index (χ3n) is 2.27. The van der Waals surface area contributed by atoms with E-state index in [1.54, 1.807) is 0 Å². The zero-order chi connectivity index (χ0) is 13.6. The SMILES string of the molecule is NC(=S)CS(=O)(=O)N(CCO)Cc1ccccc1. The number of benzene rings is 1. The highest BCUT2D eigenvalue weighted by atomic mass is 32.2.